The van der Waals surface area contributed by atoms with Crippen LogP contribution in [0.3, 0.4) is 0 Å². The third kappa shape index (κ3) is 5.92. The molecule has 4 rings (SSSR count). The summed E-state index contributed by atoms with van der Waals surface area (Å²) in [5.74, 6) is -0.972. The summed E-state index contributed by atoms with van der Waals surface area (Å²) in [4.78, 5) is 41.9. The Labute approximate surface area is 206 Å². The highest BCUT2D eigenvalue weighted by Crippen LogP contribution is 2.30. The standard InChI is InChI=1S/C26H26FN3O4S/c1-17-3-6-20(13-23(17)30(33)34)26(32)29(22-9-10-22)16-25(31)28(15-24-18(2)11-12-35-24)14-19-4-7-21(27)8-5-19/h3-8,11-13,22H,9-10,14-16H2,1-2H3. The van der Waals surface area contributed by atoms with E-state index in [1.807, 2.05) is 18.4 Å². The number of carbonyl (C=O) groups excluding carboxylic acids is 2. The van der Waals surface area contributed by atoms with Gasteiger partial charge in [-0.05, 0) is 67.5 Å². The van der Waals surface area contributed by atoms with Gasteiger partial charge in [0, 0.05) is 34.7 Å². The number of hydrogen-bond donors (Lipinski definition) is 0. The fourth-order valence-electron chi connectivity index (χ4n) is 3.89. The topological polar surface area (TPSA) is 83.8 Å². The number of aryl methyl sites for hydroxylation is 2. The van der Waals surface area contributed by atoms with Gasteiger partial charge < -0.3 is 9.80 Å². The van der Waals surface area contributed by atoms with E-state index in [0.29, 0.717) is 12.1 Å². The van der Waals surface area contributed by atoms with E-state index in [2.05, 4.69) is 0 Å². The lowest BCUT2D eigenvalue weighted by molar-refractivity contribution is -0.385. The molecule has 1 heterocycles. The molecule has 0 radical (unpaired) electrons. The molecule has 182 valence electrons. The van der Waals surface area contributed by atoms with Crippen molar-refractivity contribution in [3.05, 3.63) is 97.0 Å². The van der Waals surface area contributed by atoms with E-state index in [1.165, 1.54) is 23.1 Å². The summed E-state index contributed by atoms with van der Waals surface area (Å²) in [5.41, 5.74) is 2.41. The molecule has 0 bridgehead atoms. The number of nitro benzene ring substituents is 1. The van der Waals surface area contributed by atoms with E-state index in [-0.39, 0.29) is 42.1 Å². The minimum absolute atomic E-state index is 0.0667. The quantitative estimate of drug-likeness (QED) is 0.300. The molecule has 9 heteroatoms. The molecule has 0 saturated heterocycles. The highest BCUT2D eigenvalue weighted by molar-refractivity contribution is 7.10. The van der Waals surface area contributed by atoms with Crippen molar-refractivity contribution in [2.24, 2.45) is 0 Å². The fourth-order valence-corrected chi connectivity index (χ4v) is 4.81. The molecule has 1 aliphatic rings. The van der Waals surface area contributed by atoms with Gasteiger partial charge >= 0.3 is 0 Å². The molecule has 1 fully saturated rings. The monoisotopic (exact) mass is 495 g/mol. The maximum atomic E-state index is 13.5. The van der Waals surface area contributed by atoms with Crippen LogP contribution in [0.4, 0.5) is 10.1 Å². The molecule has 0 unspecified atom stereocenters. The molecule has 1 aromatic heterocycles. The first-order valence-corrected chi connectivity index (χ1v) is 12.2. The Morgan fingerprint density at radius 1 is 1.06 bits per heavy atom. The highest BCUT2D eigenvalue weighted by Gasteiger charge is 2.36. The van der Waals surface area contributed by atoms with Crippen molar-refractivity contribution in [2.45, 2.75) is 45.8 Å². The Morgan fingerprint density at radius 2 is 1.77 bits per heavy atom. The van der Waals surface area contributed by atoms with Crippen molar-refractivity contribution in [2.75, 3.05) is 6.54 Å². The Morgan fingerprint density at radius 3 is 2.37 bits per heavy atom. The zero-order chi connectivity index (χ0) is 25.1. The van der Waals surface area contributed by atoms with Crippen LogP contribution in [0.2, 0.25) is 0 Å². The van der Waals surface area contributed by atoms with Gasteiger partial charge in [-0.15, -0.1) is 11.3 Å². The van der Waals surface area contributed by atoms with Crippen molar-refractivity contribution in [1.82, 2.24) is 9.80 Å². The molecule has 0 atom stereocenters. The predicted octanol–water partition coefficient (Wildman–Crippen LogP) is 5.25. The molecule has 1 saturated carbocycles. The molecule has 35 heavy (non-hydrogen) atoms. The second-order valence-electron chi connectivity index (χ2n) is 8.83. The molecule has 1 aliphatic carbocycles. The van der Waals surface area contributed by atoms with Crippen LogP contribution in [0.1, 0.15) is 44.8 Å². The number of hydrogen-bond acceptors (Lipinski definition) is 5. The average Bonchev–Trinajstić information content (AvgIpc) is 3.59. The van der Waals surface area contributed by atoms with Crippen LogP contribution >= 0.6 is 11.3 Å². The number of nitro groups is 1. The first-order valence-electron chi connectivity index (χ1n) is 11.3. The van der Waals surface area contributed by atoms with Gasteiger partial charge in [-0.3, -0.25) is 19.7 Å². The van der Waals surface area contributed by atoms with Gasteiger partial charge in [0.15, 0.2) is 0 Å². The predicted molar refractivity (Wildman–Crippen MR) is 132 cm³/mol. The molecular formula is C26H26FN3O4S. The van der Waals surface area contributed by atoms with Crippen molar-refractivity contribution in [1.29, 1.82) is 0 Å². The third-order valence-corrected chi connectivity index (χ3v) is 7.16. The lowest BCUT2D eigenvalue weighted by Crippen LogP contribution is -2.43. The zero-order valence-corrected chi connectivity index (χ0v) is 20.4. The summed E-state index contributed by atoms with van der Waals surface area (Å²) in [7, 11) is 0. The average molecular weight is 496 g/mol. The number of rotatable bonds is 9. The van der Waals surface area contributed by atoms with Crippen molar-refractivity contribution < 1.29 is 18.9 Å². The largest absolute Gasteiger partial charge is 0.332 e. The van der Waals surface area contributed by atoms with Crippen LogP contribution in [0.25, 0.3) is 0 Å². The second-order valence-corrected chi connectivity index (χ2v) is 9.83. The maximum absolute atomic E-state index is 13.5. The summed E-state index contributed by atoms with van der Waals surface area (Å²) in [6.07, 6.45) is 1.57. The molecular weight excluding hydrogens is 469 g/mol. The Hall–Kier alpha value is -3.59. The first-order chi connectivity index (χ1) is 16.7. The van der Waals surface area contributed by atoms with E-state index in [1.54, 1.807) is 47.4 Å². The Kier molecular flexibility index (Phi) is 7.25. The van der Waals surface area contributed by atoms with Crippen LogP contribution < -0.4 is 0 Å². The number of nitrogens with zero attached hydrogens (tertiary/aromatic N) is 3. The summed E-state index contributed by atoms with van der Waals surface area (Å²) in [6.45, 7) is 4.13. The fraction of sp³-hybridized carbons (Fsp3) is 0.308. The summed E-state index contributed by atoms with van der Waals surface area (Å²) < 4.78 is 13.4. The molecule has 0 aliphatic heterocycles. The van der Waals surface area contributed by atoms with Crippen LogP contribution in [0.5, 0.6) is 0 Å². The second kappa shape index (κ2) is 10.4. The molecule has 0 N–H and O–H groups in total. The number of thiophene rings is 1. The van der Waals surface area contributed by atoms with Crippen molar-refractivity contribution >= 4 is 28.8 Å². The van der Waals surface area contributed by atoms with Gasteiger partial charge in [-0.1, -0.05) is 18.2 Å². The minimum atomic E-state index is -0.507. The van der Waals surface area contributed by atoms with Crippen molar-refractivity contribution in [3.8, 4) is 0 Å². The molecule has 2 amide bonds. The third-order valence-electron chi connectivity index (χ3n) is 6.15. The highest BCUT2D eigenvalue weighted by atomic mass is 32.1. The Balaban J connectivity index is 1.57. The molecule has 0 spiro atoms. The Bertz CT molecular complexity index is 1250. The summed E-state index contributed by atoms with van der Waals surface area (Å²) in [6, 6.07) is 12.3. The SMILES string of the molecule is Cc1ccc(C(=O)N(CC(=O)N(Cc2ccc(F)cc2)Cc2sccc2C)C2CC2)cc1[N+](=O)[O-]. The molecule has 2 aromatic carbocycles. The number of benzene rings is 2. The van der Waals surface area contributed by atoms with Crippen LogP contribution in [0.15, 0.2) is 53.9 Å². The van der Waals surface area contributed by atoms with Gasteiger partial charge in [0.25, 0.3) is 11.6 Å². The number of halogens is 1. The number of carbonyl (C=O) groups is 2. The summed E-state index contributed by atoms with van der Waals surface area (Å²) >= 11 is 1.56. The molecule has 3 aromatic rings. The van der Waals surface area contributed by atoms with Gasteiger partial charge in [0.05, 0.1) is 11.5 Å². The van der Waals surface area contributed by atoms with Crippen molar-refractivity contribution in [3.63, 3.8) is 0 Å². The smallest absolute Gasteiger partial charge is 0.273 e. The van der Waals surface area contributed by atoms with Gasteiger partial charge in [-0.25, -0.2) is 4.39 Å². The minimum Gasteiger partial charge on any atom is -0.332 e. The zero-order valence-electron chi connectivity index (χ0n) is 19.6. The van der Waals surface area contributed by atoms with Crippen LogP contribution in [-0.4, -0.2) is 39.1 Å². The lowest BCUT2D eigenvalue weighted by Gasteiger charge is -2.28. The van der Waals surface area contributed by atoms with E-state index >= 15 is 0 Å². The van der Waals surface area contributed by atoms with Crippen LogP contribution in [-0.2, 0) is 17.9 Å². The maximum Gasteiger partial charge on any atom is 0.273 e. The first kappa shape index (κ1) is 24.5. The van der Waals surface area contributed by atoms with Crippen LogP contribution in [0, 0.1) is 29.8 Å². The van der Waals surface area contributed by atoms with E-state index in [4.69, 9.17) is 0 Å². The van der Waals surface area contributed by atoms with E-state index in [9.17, 15) is 24.1 Å². The van der Waals surface area contributed by atoms with Gasteiger partial charge in [-0.2, -0.15) is 0 Å². The number of amides is 2. The lowest BCUT2D eigenvalue weighted by atomic mass is 10.1. The van der Waals surface area contributed by atoms with E-state index < -0.39 is 10.8 Å². The normalized spacial score (nSPS) is 12.9. The van der Waals surface area contributed by atoms with Gasteiger partial charge in [0.1, 0.15) is 12.4 Å². The van der Waals surface area contributed by atoms with E-state index in [0.717, 1.165) is 28.8 Å². The van der Waals surface area contributed by atoms with Gasteiger partial charge in [0.2, 0.25) is 5.91 Å². The molecule has 7 nitrogen and oxygen atoms in total. The summed E-state index contributed by atoms with van der Waals surface area (Å²) in [5, 5.41) is 13.3.